The van der Waals surface area contributed by atoms with Crippen LogP contribution in [0.3, 0.4) is 0 Å². The van der Waals surface area contributed by atoms with Crippen LogP contribution >= 0.6 is 15.9 Å². The highest BCUT2D eigenvalue weighted by molar-refractivity contribution is 9.10. The van der Waals surface area contributed by atoms with Gasteiger partial charge in [0.25, 0.3) is 0 Å². The summed E-state index contributed by atoms with van der Waals surface area (Å²) in [6.07, 6.45) is 3.75. The Hall–Kier alpha value is -1.07. The van der Waals surface area contributed by atoms with E-state index in [2.05, 4.69) is 32.6 Å². The van der Waals surface area contributed by atoms with Crippen LogP contribution in [0.4, 0.5) is 0 Å². The van der Waals surface area contributed by atoms with E-state index in [-0.39, 0.29) is 11.9 Å². The van der Waals surface area contributed by atoms with Gasteiger partial charge in [-0.1, -0.05) is 15.9 Å². The first kappa shape index (κ1) is 13.9. The van der Waals surface area contributed by atoms with E-state index in [0.29, 0.717) is 12.5 Å². The quantitative estimate of drug-likeness (QED) is 0.885. The molecule has 0 saturated carbocycles. The first-order chi connectivity index (χ1) is 9.67. The van der Waals surface area contributed by atoms with E-state index in [1.54, 1.807) is 7.11 Å². The molecule has 1 aromatic rings. The summed E-state index contributed by atoms with van der Waals surface area (Å²) in [6.45, 7) is 0.828. The van der Waals surface area contributed by atoms with Crippen LogP contribution < -0.4 is 15.4 Å². The van der Waals surface area contributed by atoms with E-state index in [4.69, 9.17) is 4.74 Å². The van der Waals surface area contributed by atoms with E-state index in [9.17, 15) is 4.79 Å². The topological polar surface area (TPSA) is 50.4 Å². The lowest BCUT2D eigenvalue weighted by Crippen LogP contribution is -2.36. The Bertz CT molecular complexity index is 533. The number of halogens is 1. The molecule has 1 aromatic carbocycles. The van der Waals surface area contributed by atoms with Crippen molar-refractivity contribution in [3.63, 3.8) is 0 Å². The molecule has 0 spiro atoms. The maximum atomic E-state index is 11.2. The molecule has 5 heteroatoms. The molecule has 1 aliphatic heterocycles. The van der Waals surface area contributed by atoms with Gasteiger partial charge in [0.2, 0.25) is 5.91 Å². The first-order valence-corrected chi connectivity index (χ1v) is 7.85. The SMILES string of the molecule is COc1cc(Br)cc2c1C(NC[C@@H]1CCC(=O)N1)CC2. The molecule has 20 heavy (non-hydrogen) atoms. The van der Waals surface area contributed by atoms with E-state index in [1.807, 2.05) is 6.07 Å². The third-order valence-electron chi connectivity index (χ3n) is 4.16. The van der Waals surface area contributed by atoms with Crippen LogP contribution in [0.2, 0.25) is 0 Å². The minimum absolute atomic E-state index is 0.171. The second-order valence-corrected chi connectivity index (χ2v) is 6.40. The molecule has 2 aliphatic rings. The normalized spacial score (nSPS) is 24.6. The van der Waals surface area contributed by atoms with E-state index in [1.165, 1.54) is 11.1 Å². The zero-order chi connectivity index (χ0) is 14.1. The molecule has 4 nitrogen and oxygen atoms in total. The summed E-state index contributed by atoms with van der Waals surface area (Å²) in [5.74, 6) is 1.12. The van der Waals surface area contributed by atoms with Gasteiger partial charge >= 0.3 is 0 Å². The second-order valence-electron chi connectivity index (χ2n) is 5.48. The van der Waals surface area contributed by atoms with Crippen LogP contribution in [0.15, 0.2) is 16.6 Å². The molecule has 0 bridgehead atoms. The summed E-state index contributed by atoms with van der Waals surface area (Å²) in [5.41, 5.74) is 2.63. The number of carbonyl (C=O) groups is 1. The first-order valence-electron chi connectivity index (χ1n) is 7.06. The van der Waals surface area contributed by atoms with Crippen LogP contribution in [0.1, 0.15) is 36.4 Å². The maximum absolute atomic E-state index is 11.2. The fourth-order valence-corrected chi connectivity index (χ4v) is 3.67. The smallest absolute Gasteiger partial charge is 0.220 e. The highest BCUT2D eigenvalue weighted by Crippen LogP contribution is 2.40. The van der Waals surface area contributed by atoms with Gasteiger partial charge in [0.05, 0.1) is 7.11 Å². The molecule has 3 rings (SSSR count). The lowest BCUT2D eigenvalue weighted by atomic mass is 10.1. The van der Waals surface area contributed by atoms with Crippen LogP contribution in [0.5, 0.6) is 5.75 Å². The minimum atomic E-state index is 0.171. The molecule has 108 valence electrons. The highest BCUT2D eigenvalue weighted by atomic mass is 79.9. The molecule has 2 atom stereocenters. The summed E-state index contributed by atoms with van der Waals surface area (Å²) in [4.78, 5) is 11.2. The number of carbonyl (C=O) groups excluding carboxylic acids is 1. The zero-order valence-electron chi connectivity index (χ0n) is 11.5. The Morgan fingerprint density at radius 3 is 2.95 bits per heavy atom. The second kappa shape index (κ2) is 5.74. The maximum Gasteiger partial charge on any atom is 0.220 e. The monoisotopic (exact) mass is 338 g/mol. The molecule has 1 saturated heterocycles. The van der Waals surface area contributed by atoms with Crippen molar-refractivity contribution in [1.82, 2.24) is 10.6 Å². The van der Waals surface area contributed by atoms with Gasteiger partial charge in [0, 0.05) is 35.1 Å². The van der Waals surface area contributed by atoms with E-state index < -0.39 is 0 Å². The van der Waals surface area contributed by atoms with Crippen molar-refractivity contribution >= 4 is 21.8 Å². The van der Waals surface area contributed by atoms with E-state index >= 15 is 0 Å². The molecule has 0 radical (unpaired) electrons. The number of aryl methyl sites for hydroxylation is 1. The molecule has 2 N–H and O–H groups in total. The molecular weight excluding hydrogens is 320 g/mol. The standard InChI is InChI=1S/C15H19BrN2O2/c1-20-13-7-10(16)6-9-2-4-12(15(9)13)17-8-11-3-5-14(19)18-11/h6-7,11-12,17H,2-5,8H2,1H3,(H,18,19)/t11-,12?/m0/s1. The van der Waals surface area contributed by atoms with Gasteiger partial charge in [0.15, 0.2) is 0 Å². The van der Waals surface area contributed by atoms with Crippen molar-refractivity contribution in [3.05, 3.63) is 27.7 Å². The van der Waals surface area contributed by atoms with Crippen molar-refractivity contribution in [1.29, 1.82) is 0 Å². The van der Waals surface area contributed by atoms with Gasteiger partial charge < -0.3 is 15.4 Å². The lowest BCUT2D eigenvalue weighted by Gasteiger charge is -2.19. The number of nitrogens with one attached hydrogen (secondary N) is 2. The van der Waals surface area contributed by atoms with E-state index in [0.717, 1.165) is 36.0 Å². The number of amides is 1. The summed E-state index contributed by atoms with van der Waals surface area (Å²) in [7, 11) is 1.72. The van der Waals surface area contributed by atoms with Crippen molar-refractivity contribution in [3.8, 4) is 5.75 Å². The van der Waals surface area contributed by atoms with Gasteiger partial charge in [-0.05, 0) is 37.0 Å². The number of hydrogen-bond acceptors (Lipinski definition) is 3. The summed E-state index contributed by atoms with van der Waals surface area (Å²) >= 11 is 3.53. The summed E-state index contributed by atoms with van der Waals surface area (Å²) < 4.78 is 6.58. The Balaban J connectivity index is 1.71. The van der Waals surface area contributed by atoms with Gasteiger partial charge in [-0.3, -0.25) is 4.79 Å². The van der Waals surface area contributed by atoms with Crippen LogP contribution in [-0.4, -0.2) is 25.6 Å². The number of fused-ring (bicyclic) bond motifs is 1. The largest absolute Gasteiger partial charge is 0.496 e. The molecule has 0 aromatic heterocycles. The Morgan fingerprint density at radius 1 is 1.40 bits per heavy atom. The molecule has 1 amide bonds. The van der Waals surface area contributed by atoms with Crippen molar-refractivity contribution < 1.29 is 9.53 Å². The third kappa shape index (κ3) is 2.69. The van der Waals surface area contributed by atoms with Crippen LogP contribution in [0, 0.1) is 0 Å². The number of hydrogen-bond donors (Lipinski definition) is 2. The van der Waals surface area contributed by atoms with Gasteiger partial charge in [-0.15, -0.1) is 0 Å². The fraction of sp³-hybridized carbons (Fsp3) is 0.533. The molecular formula is C15H19BrN2O2. The van der Waals surface area contributed by atoms with Crippen molar-refractivity contribution in [2.75, 3.05) is 13.7 Å². The average molecular weight is 339 g/mol. The Morgan fingerprint density at radius 2 is 2.25 bits per heavy atom. The number of rotatable bonds is 4. The van der Waals surface area contributed by atoms with Gasteiger partial charge in [-0.2, -0.15) is 0 Å². The summed E-state index contributed by atoms with van der Waals surface area (Å²) in [6, 6.07) is 4.80. The number of benzene rings is 1. The van der Waals surface area contributed by atoms with Gasteiger partial charge in [0.1, 0.15) is 5.75 Å². The number of methoxy groups -OCH3 is 1. The molecule has 1 aliphatic carbocycles. The molecule has 1 heterocycles. The third-order valence-corrected chi connectivity index (χ3v) is 4.62. The fourth-order valence-electron chi connectivity index (χ4n) is 3.18. The molecule has 1 unspecified atom stereocenters. The Kier molecular flexibility index (Phi) is 3.98. The zero-order valence-corrected chi connectivity index (χ0v) is 13.1. The van der Waals surface area contributed by atoms with Crippen molar-refractivity contribution in [2.24, 2.45) is 0 Å². The Labute approximate surface area is 127 Å². The predicted octanol–water partition coefficient (Wildman–Crippen LogP) is 2.31. The van der Waals surface area contributed by atoms with Crippen LogP contribution in [0.25, 0.3) is 0 Å². The van der Waals surface area contributed by atoms with Gasteiger partial charge in [-0.25, -0.2) is 0 Å². The average Bonchev–Trinajstić information content (AvgIpc) is 3.01. The van der Waals surface area contributed by atoms with Crippen LogP contribution in [-0.2, 0) is 11.2 Å². The highest BCUT2D eigenvalue weighted by Gasteiger charge is 2.28. The minimum Gasteiger partial charge on any atom is -0.496 e. The predicted molar refractivity (Wildman–Crippen MR) is 80.9 cm³/mol. The summed E-state index contributed by atoms with van der Waals surface area (Å²) in [5, 5.41) is 6.58. The van der Waals surface area contributed by atoms with Crippen molar-refractivity contribution in [2.45, 2.75) is 37.8 Å². The number of ether oxygens (including phenoxy) is 1. The molecule has 1 fully saturated rings. The lowest BCUT2D eigenvalue weighted by molar-refractivity contribution is -0.119.